The number of benzene rings is 1. The number of anilines is 1. The number of hydrogen-bond donors (Lipinski definition) is 1. The van der Waals surface area contributed by atoms with Gasteiger partial charge >= 0.3 is 0 Å². The number of halogens is 1. The first-order chi connectivity index (χ1) is 14.4. The van der Waals surface area contributed by atoms with Crippen LogP contribution in [-0.2, 0) is 20.6 Å². The summed E-state index contributed by atoms with van der Waals surface area (Å²) in [5.74, 6) is 1.58. The van der Waals surface area contributed by atoms with Gasteiger partial charge in [0.1, 0.15) is 5.82 Å². The molecule has 1 aromatic carbocycles. The molecule has 162 valence electrons. The summed E-state index contributed by atoms with van der Waals surface area (Å²) in [5.41, 5.74) is 1.09. The fourth-order valence-corrected chi connectivity index (χ4v) is 5.36. The van der Waals surface area contributed by atoms with E-state index in [9.17, 15) is 13.2 Å². The lowest BCUT2D eigenvalue weighted by molar-refractivity contribution is -0.118. The number of carbonyl (C=O) groups is 1. The zero-order valence-corrected chi connectivity index (χ0v) is 18.9. The number of nitrogens with zero attached hydrogens (tertiary/aromatic N) is 3. The number of thioether (sulfide) groups is 1. The average Bonchev–Trinajstić information content (AvgIpc) is 2.76. The van der Waals surface area contributed by atoms with Crippen LogP contribution in [0.15, 0.2) is 48.7 Å². The van der Waals surface area contributed by atoms with Gasteiger partial charge in [-0.15, -0.1) is 11.8 Å². The number of nitrogens with one attached hydrogen (secondary N) is 1. The molecule has 1 aromatic heterocycles. The van der Waals surface area contributed by atoms with Crippen LogP contribution in [0.3, 0.4) is 0 Å². The molecular formula is C20H25ClN4O3S2. The summed E-state index contributed by atoms with van der Waals surface area (Å²) < 4.78 is 26.6. The molecule has 10 heteroatoms. The van der Waals surface area contributed by atoms with Gasteiger partial charge in [0.25, 0.3) is 0 Å². The minimum Gasteiger partial charge on any atom is -0.354 e. The van der Waals surface area contributed by atoms with Crippen molar-refractivity contribution in [2.75, 3.05) is 49.1 Å². The van der Waals surface area contributed by atoms with Gasteiger partial charge in [0.2, 0.25) is 15.9 Å². The van der Waals surface area contributed by atoms with Crippen LogP contribution in [0.1, 0.15) is 5.56 Å². The molecule has 1 N–H and O–H groups in total. The van der Waals surface area contributed by atoms with Crippen LogP contribution in [0.5, 0.6) is 0 Å². The maximum Gasteiger partial charge on any atom is 0.230 e. The van der Waals surface area contributed by atoms with Crippen LogP contribution in [0.25, 0.3) is 0 Å². The first-order valence-corrected chi connectivity index (χ1v) is 12.8. The quantitative estimate of drug-likeness (QED) is 0.607. The van der Waals surface area contributed by atoms with Gasteiger partial charge in [-0.25, -0.2) is 13.4 Å². The van der Waals surface area contributed by atoms with E-state index in [1.54, 1.807) is 6.20 Å². The van der Waals surface area contributed by atoms with E-state index in [4.69, 9.17) is 11.6 Å². The van der Waals surface area contributed by atoms with Crippen molar-refractivity contribution in [2.45, 2.75) is 5.75 Å². The second kappa shape index (κ2) is 11.0. The maximum atomic E-state index is 12.6. The van der Waals surface area contributed by atoms with E-state index in [-0.39, 0.29) is 24.0 Å². The zero-order chi connectivity index (χ0) is 21.4. The number of piperazine rings is 1. The molecule has 0 atom stereocenters. The Morgan fingerprint density at radius 1 is 1.10 bits per heavy atom. The molecule has 0 bridgehead atoms. The van der Waals surface area contributed by atoms with Crippen molar-refractivity contribution in [1.29, 1.82) is 0 Å². The molecule has 1 amide bonds. The summed E-state index contributed by atoms with van der Waals surface area (Å²) in [5, 5.41) is 3.38. The van der Waals surface area contributed by atoms with Crippen molar-refractivity contribution < 1.29 is 13.2 Å². The fourth-order valence-electron chi connectivity index (χ4n) is 3.08. The van der Waals surface area contributed by atoms with Crippen LogP contribution >= 0.6 is 23.4 Å². The number of sulfonamides is 1. The van der Waals surface area contributed by atoms with Crippen LogP contribution in [0.2, 0.25) is 5.02 Å². The third-order valence-electron chi connectivity index (χ3n) is 4.70. The second-order valence-corrected chi connectivity index (χ2v) is 10.4. The smallest absolute Gasteiger partial charge is 0.230 e. The lowest BCUT2D eigenvalue weighted by atomic mass is 10.2. The van der Waals surface area contributed by atoms with Gasteiger partial charge in [-0.1, -0.05) is 29.8 Å². The SMILES string of the molecule is O=C(CSCc1ccc(Cl)cc1)NCCS(=O)(=O)N1CCN(c2ccccn2)CC1. The molecule has 1 aliphatic rings. The zero-order valence-electron chi connectivity index (χ0n) is 16.5. The van der Waals surface area contributed by atoms with Gasteiger partial charge in [-0.2, -0.15) is 4.31 Å². The fraction of sp³-hybridized carbons (Fsp3) is 0.400. The maximum absolute atomic E-state index is 12.6. The van der Waals surface area contributed by atoms with E-state index >= 15 is 0 Å². The average molecular weight is 469 g/mol. The largest absolute Gasteiger partial charge is 0.354 e. The Labute approximate surface area is 186 Å². The third-order valence-corrected chi connectivity index (χ3v) is 7.83. The van der Waals surface area contributed by atoms with Crippen molar-refractivity contribution in [2.24, 2.45) is 0 Å². The molecule has 1 aliphatic heterocycles. The minimum absolute atomic E-state index is 0.0931. The van der Waals surface area contributed by atoms with Crippen LogP contribution < -0.4 is 10.2 Å². The summed E-state index contributed by atoms with van der Waals surface area (Å²) in [7, 11) is -3.40. The Hall–Kier alpha value is -1.81. The van der Waals surface area contributed by atoms with Gasteiger partial charge in [-0.3, -0.25) is 4.79 Å². The lowest BCUT2D eigenvalue weighted by Gasteiger charge is -2.34. The van der Waals surface area contributed by atoms with Gasteiger partial charge in [0, 0.05) is 49.7 Å². The Balaban J connectivity index is 1.34. The predicted molar refractivity (Wildman–Crippen MR) is 122 cm³/mol. The highest BCUT2D eigenvalue weighted by molar-refractivity contribution is 7.99. The highest BCUT2D eigenvalue weighted by atomic mass is 35.5. The topological polar surface area (TPSA) is 82.6 Å². The summed E-state index contributed by atoms with van der Waals surface area (Å²) in [4.78, 5) is 18.4. The van der Waals surface area contributed by atoms with Crippen molar-refractivity contribution in [3.8, 4) is 0 Å². The van der Waals surface area contributed by atoms with Gasteiger partial charge in [-0.05, 0) is 29.8 Å². The lowest BCUT2D eigenvalue weighted by Crippen LogP contribution is -2.50. The highest BCUT2D eigenvalue weighted by Gasteiger charge is 2.27. The predicted octanol–water partition coefficient (Wildman–Crippen LogP) is 2.24. The molecule has 2 heterocycles. The van der Waals surface area contributed by atoms with Crippen molar-refractivity contribution in [3.63, 3.8) is 0 Å². The molecule has 1 fully saturated rings. The number of amides is 1. The van der Waals surface area contributed by atoms with E-state index in [1.807, 2.05) is 42.5 Å². The summed E-state index contributed by atoms with van der Waals surface area (Å²) in [6.07, 6.45) is 1.73. The molecule has 0 spiro atoms. The summed E-state index contributed by atoms with van der Waals surface area (Å²) in [6, 6.07) is 13.2. The number of hydrogen-bond acceptors (Lipinski definition) is 6. The molecule has 0 unspecified atom stereocenters. The van der Waals surface area contributed by atoms with Crippen LogP contribution in [-0.4, -0.2) is 67.8 Å². The van der Waals surface area contributed by atoms with Gasteiger partial charge in [0.05, 0.1) is 11.5 Å². The molecule has 0 radical (unpaired) electrons. The van der Waals surface area contributed by atoms with E-state index in [0.29, 0.717) is 37.0 Å². The monoisotopic (exact) mass is 468 g/mol. The minimum atomic E-state index is -3.40. The van der Waals surface area contributed by atoms with Crippen molar-refractivity contribution >= 4 is 45.1 Å². The molecule has 1 saturated heterocycles. The summed E-state index contributed by atoms with van der Waals surface area (Å²) >= 11 is 7.33. The number of carbonyl (C=O) groups excluding carboxylic acids is 1. The van der Waals surface area contributed by atoms with Crippen molar-refractivity contribution in [1.82, 2.24) is 14.6 Å². The molecular weight excluding hydrogens is 444 g/mol. The first-order valence-electron chi connectivity index (χ1n) is 9.67. The number of aromatic nitrogens is 1. The highest BCUT2D eigenvalue weighted by Crippen LogP contribution is 2.16. The molecule has 2 aromatic rings. The number of rotatable bonds is 9. The molecule has 3 rings (SSSR count). The number of pyridine rings is 1. The summed E-state index contributed by atoms with van der Waals surface area (Å²) in [6.45, 7) is 2.16. The van der Waals surface area contributed by atoms with Gasteiger partial charge in [0.15, 0.2) is 0 Å². The van der Waals surface area contributed by atoms with Crippen LogP contribution in [0.4, 0.5) is 5.82 Å². The molecule has 0 saturated carbocycles. The first kappa shape index (κ1) is 22.9. The standard InChI is InChI=1S/C20H25ClN4O3S2/c21-18-6-4-17(5-7-18)15-29-16-20(26)23-9-14-30(27,28)25-12-10-24(11-13-25)19-3-1-2-8-22-19/h1-8H,9-16H2,(H,23,26). The van der Waals surface area contributed by atoms with E-state index < -0.39 is 10.0 Å². The van der Waals surface area contributed by atoms with Crippen LogP contribution in [0, 0.1) is 0 Å². The van der Waals surface area contributed by atoms with E-state index in [1.165, 1.54) is 16.1 Å². The Morgan fingerprint density at radius 3 is 2.50 bits per heavy atom. The second-order valence-electron chi connectivity index (χ2n) is 6.86. The van der Waals surface area contributed by atoms with E-state index in [2.05, 4.69) is 15.2 Å². The Morgan fingerprint density at radius 2 is 1.83 bits per heavy atom. The Bertz CT molecular complexity index is 919. The molecule has 30 heavy (non-hydrogen) atoms. The van der Waals surface area contributed by atoms with Gasteiger partial charge < -0.3 is 10.2 Å². The molecule has 7 nitrogen and oxygen atoms in total. The normalized spacial score (nSPS) is 15.2. The molecule has 0 aliphatic carbocycles. The Kier molecular flexibility index (Phi) is 8.38. The third kappa shape index (κ3) is 6.87. The van der Waals surface area contributed by atoms with E-state index in [0.717, 1.165) is 11.4 Å². The van der Waals surface area contributed by atoms with Crippen molar-refractivity contribution in [3.05, 3.63) is 59.2 Å².